The van der Waals surface area contributed by atoms with E-state index in [-0.39, 0.29) is 12.6 Å². The quantitative estimate of drug-likeness (QED) is 0.524. The molecular formula is C8H16N2O3. The molecule has 2 unspecified atom stereocenters. The second-order valence-electron chi connectivity index (χ2n) is 3.17. The minimum Gasteiger partial charge on any atom is -0.480 e. The fourth-order valence-electron chi connectivity index (χ4n) is 1.35. The highest BCUT2D eigenvalue weighted by Crippen LogP contribution is 2.10. The Bertz CT molecular complexity index is 169. The Balaban J connectivity index is 2.18. The summed E-state index contributed by atoms with van der Waals surface area (Å²) in [6.45, 7) is 1.48. The van der Waals surface area contributed by atoms with Crippen molar-refractivity contribution >= 4 is 5.97 Å². The first-order chi connectivity index (χ1) is 6.24. The summed E-state index contributed by atoms with van der Waals surface area (Å²) in [6, 6.07) is -0.649. The van der Waals surface area contributed by atoms with E-state index in [1.54, 1.807) is 0 Å². The predicted molar refractivity (Wildman–Crippen MR) is 47.5 cm³/mol. The Morgan fingerprint density at radius 3 is 3.00 bits per heavy atom. The number of aliphatic carboxylic acids is 1. The molecule has 0 spiro atoms. The number of carboxylic acid groups (broad SMARTS) is 1. The number of carboxylic acids is 1. The third-order valence-electron chi connectivity index (χ3n) is 2.15. The Labute approximate surface area is 77.2 Å². The first-order valence-electron chi connectivity index (χ1n) is 4.52. The van der Waals surface area contributed by atoms with Crippen molar-refractivity contribution in [1.82, 2.24) is 5.32 Å². The van der Waals surface area contributed by atoms with Crippen LogP contribution in [0.1, 0.15) is 12.8 Å². The van der Waals surface area contributed by atoms with Gasteiger partial charge >= 0.3 is 5.97 Å². The van der Waals surface area contributed by atoms with Gasteiger partial charge in [0.2, 0.25) is 0 Å². The molecule has 0 aromatic heterocycles. The van der Waals surface area contributed by atoms with Crippen LogP contribution in [-0.2, 0) is 9.53 Å². The molecular weight excluding hydrogens is 172 g/mol. The molecule has 13 heavy (non-hydrogen) atoms. The van der Waals surface area contributed by atoms with Crippen LogP contribution in [0.3, 0.4) is 0 Å². The van der Waals surface area contributed by atoms with Crippen molar-refractivity contribution in [2.45, 2.75) is 25.0 Å². The minimum atomic E-state index is -0.902. The molecule has 0 aromatic carbocycles. The molecule has 1 fully saturated rings. The summed E-state index contributed by atoms with van der Waals surface area (Å²) in [7, 11) is 0. The third-order valence-corrected chi connectivity index (χ3v) is 2.15. The predicted octanol–water partition coefficient (Wildman–Crippen LogP) is -0.833. The van der Waals surface area contributed by atoms with Gasteiger partial charge in [0.1, 0.15) is 6.04 Å². The lowest BCUT2D eigenvalue weighted by Crippen LogP contribution is -2.45. The average molecular weight is 188 g/mol. The maximum atomic E-state index is 10.6. The van der Waals surface area contributed by atoms with E-state index in [9.17, 15) is 4.79 Å². The molecule has 1 aliphatic rings. The third kappa shape index (κ3) is 3.30. The van der Waals surface area contributed by atoms with Crippen LogP contribution in [0.4, 0.5) is 0 Å². The van der Waals surface area contributed by atoms with E-state index >= 15 is 0 Å². The fourth-order valence-corrected chi connectivity index (χ4v) is 1.35. The van der Waals surface area contributed by atoms with Crippen LogP contribution in [0.5, 0.6) is 0 Å². The van der Waals surface area contributed by atoms with Crippen molar-refractivity contribution in [2.24, 2.45) is 5.73 Å². The SMILES string of the molecule is NCC(NCC1CCCO1)C(=O)O. The molecule has 76 valence electrons. The smallest absolute Gasteiger partial charge is 0.322 e. The summed E-state index contributed by atoms with van der Waals surface area (Å²) in [5.74, 6) is -0.902. The van der Waals surface area contributed by atoms with Crippen LogP contribution in [0, 0.1) is 0 Å². The van der Waals surface area contributed by atoms with E-state index in [0.717, 1.165) is 19.4 Å². The molecule has 1 aliphatic heterocycles. The van der Waals surface area contributed by atoms with Gasteiger partial charge in [-0.2, -0.15) is 0 Å². The largest absolute Gasteiger partial charge is 0.480 e. The molecule has 0 aliphatic carbocycles. The van der Waals surface area contributed by atoms with E-state index in [2.05, 4.69) is 5.32 Å². The van der Waals surface area contributed by atoms with Crippen molar-refractivity contribution in [2.75, 3.05) is 19.7 Å². The Morgan fingerprint density at radius 2 is 2.54 bits per heavy atom. The number of hydrogen-bond acceptors (Lipinski definition) is 4. The minimum absolute atomic E-state index is 0.113. The summed E-state index contributed by atoms with van der Waals surface area (Å²) in [6.07, 6.45) is 2.23. The summed E-state index contributed by atoms with van der Waals surface area (Å²) in [5, 5.41) is 11.5. The zero-order valence-electron chi connectivity index (χ0n) is 7.53. The van der Waals surface area contributed by atoms with Crippen LogP contribution < -0.4 is 11.1 Å². The van der Waals surface area contributed by atoms with E-state index in [1.807, 2.05) is 0 Å². The van der Waals surface area contributed by atoms with Gasteiger partial charge in [-0.15, -0.1) is 0 Å². The second-order valence-corrected chi connectivity index (χ2v) is 3.17. The van der Waals surface area contributed by atoms with Gasteiger partial charge in [-0.3, -0.25) is 4.79 Å². The van der Waals surface area contributed by atoms with Gasteiger partial charge in [-0.25, -0.2) is 0 Å². The Morgan fingerprint density at radius 1 is 1.77 bits per heavy atom. The highest BCUT2D eigenvalue weighted by atomic mass is 16.5. The molecule has 0 amide bonds. The van der Waals surface area contributed by atoms with Crippen LogP contribution in [0.15, 0.2) is 0 Å². The zero-order chi connectivity index (χ0) is 9.68. The molecule has 1 heterocycles. The van der Waals surface area contributed by atoms with Crippen molar-refractivity contribution in [3.05, 3.63) is 0 Å². The van der Waals surface area contributed by atoms with Crippen molar-refractivity contribution < 1.29 is 14.6 Å². The normalized spacial score (nSPS) is 24.5. The summed E-state index contributed by atoms with van der Waals surface area (Å²) in [5.41, 5.74) is 5.27. The standard InChI is InChI=1S/C8H16N2O3/c9-4-7(8(11)12)10-5-6-2-1-3-13-6/h6-7,10H,1-5,9H2,(H,11,12). The number of rotatable bonds is 5. The van der Waals surface area contributed by atoms with Crippen LogP contribution in [-0.4, -0.2) is 42.9 Å². The molecule has 0 aromatic rings. The molecule has 2 atom stereocenters. The van der Waals surface area contributed by atoms with E-state index < -0.39 is 12.0 Å². The molecule has 4 N–H and O–H groups in total. The lowest BCUT2D eigenvalue weighted by atomic mass is 10.2. The first kappa shape index (κ1) is 10.4. The van der Waals surface area contributed by atoms with Gasteiger partial charge in [0.25, 0.3) is 0 Å². The monoisotopic (exact) mass is 188 g/mol. The van der Waals surface area contributed by atoms with E-state index in [1.165, 1.54) is 0 Å². The Kier molecular flexibility index (Phi) is 4.14. The lowest BCUT2D eigenvalue weighted by Gasteiger charge is -2.15. The van der Waals surface area contributed by atoms with Crippen LogP contribution in [0.25, 0.3) is 0 Å². The number of carbonyl (C=O) groups is 1. The molecule has 5 heteroatoms. The second kappa shape index (κ2) is 5.16. The summed E-state index contributed by atoms with van der Waals surface area (Å²) >= 11 is 0. The molecule has 0 bridgehead atoms. The number of nitrogens with one attached hydrogen (secondary N) is 1. The highest BCUT2D eigenvalue weighted by molar-refractivity contribution is 5.73. The van der Waals surface area contributed by atoms with E-state index in [4.69, 9.17) is 15.6 Å². The molecule has 0 radical (unpaired) electrons. The van der Waals surface area contributed by atoms with Crippen molar-refractivity contribution in [3.63, 3.8) is 0 Å². The zero-order valence-corrected chi connectivity index (χ0v) is 7.53. The van der Waals surface area contributed by atoms with Gasteiger partial charge in [-0.1, -0.05) is 0 Å². The maximum absolute atomic E-state index is 10.6. The average Bonchev–Trinajstić information content (AvgIpc) is 2.57. The van der Waals surface area contributed by atoms with Gasteiger partial charge in [0, 0.05) is 19.7 Å². The number of hydrogen-bond donors (Lipinski definition) is 3. The summed E-state index contributed by atoms with van der Waals surface area (Å²) in [4.78, 5) is 10.6. The molecule has 5 nitrogen and oxygen atoms in total. The van der Waals surface area contributed by atoms with Gasteiger partial charge in [0.15, 0.2) is 0 Å². The fraction of sp³-hybridized carbons (Fsp3) is 0.875. The van der Waals surface area contributed by atoms with Gasteiger partial charge in [0.05, 0.1) is 6.10 Å². The van der Waals surface area contributed by atoms with Crippen molar-refractivity contribution in [1.29, 1.82) is 0 Å². The lowest BCUT2D eigenvalue weighted by molar-refractivity contribution is -0.139. The Hall–Kier alpha value is -0.650. The maximum Gasteiger partial charge on any atom is 0.322 e. The van der Waals surface area contributed by atoms with E-state index in [0.29, 0.717) is 6.54 Å². The van der Waals surface area contributed by atoms with Gasteiger partial charge < -0.3 is 20.9 Å². The number of nitrogens with two attached hydrogens (primary N) is 1. The van der Waals surface area contributed by atoms with Crippen LogP contribution >= 0.6 is 0 Å². The first-order valence-corrected chi connectivity index (χ1v) is 4.52. The molecule has 0 saturated carbocycles. The summed E-state index contributed by atoms with van der Waals surface area (Å²) < 4.78 is 5.33. The topological polar surface area (TPSA) is 84.6 Å². The molecule has 1 rings (SSSR count). The molecule has 1 saturated heterocycles. The van der Waals surface area contributed by atoms with Crippen LogP contribution in [0.2, 0.25) is 0 Å². The van der Waals surface area contributed by atoms with Crippen molar-refractivity contribution in [3.8, 4) is 0 Å². The number of ether oxygens (including phenoxy) is 1. The highest BCUT2D eigenvalue weighted by Gasteiger charge is 2.19. The van der Waals surface area contributed by atoms with Gasteiger partial charge in [-0.05, 0) is 12.8 Å².